The third-order valence-corrected chi connectivity index (χ3v) is 4.37. The predicted molar refractivity (Wildman–Crippen MR) is 89.0 cm³/mol. The van der Waals surface area contributed by atoms with Crippen molar-refractivity contribution in [3.8, 4) is 0 Å². The molecule has 1 aliphatic rings. The lowest BCUT2D eigenvalue weighted by atomic mass is 9.83. The molecular formula is C17H17BrN2O2. The van der Waals surface area contributed by atoms with Crippen LogP contribution in [0.25, 0.3) is 0 Å². The smallest absolute Gasteiger partial charge is 0.307 e. The number of halogens is 1. The maximum absolute atomic E-state index is 11.9. The van der Waals surface area contributed by atoms with Gasteiger partial charge in [-0.1, -0.05) is 30.3 Å². The van der Waals surface area contributed by atoms with E-state index < -0.39 is 0 Å². The standard InChI is InChI=1S/C17H17BrN2O2/c18-16-11-10-15(22-16)17(21)20-19-14-8-6-13(7-9-14)12-4-2-1-3-5-12/h1-5,10-11,13H,6-9H2,(H,20,21). The second kappa shape index (κ2) is 6.92. The van der Waals surface area contributed by atoms with Gasteiger partial charge in [-0.25, -0.2) is 5.43 Å². The minimum absolute atomic E-state index is 0.259. The fraction of sp³-hybridized carbons (Fsp3) is 0.294. The number of carbonyl (C=O) groups excluding carboxylic acids is 1. The van der Waals surface area contributed by atoms with Gasteiger partial charge in [-0.05, 0) is 65.2 Å². The average Bonchev–Trinajstić information content (AvgIpc) is 3.00. The van der Waals surface area contributed by atoms with Gasteiger partial charge < -0.3 is 4.42 Å². The molecule has 114 valence electrons. The minimum Gasteiger partial charge on any atom is -0.444 e. The molecule has 0 aliphatic heterocycles. The van der Waals surface area contributed by atoms with Crippen molar-refractivity contribution in [1.29, 1.82) is 0 Å². The van der Waals surface area contributed by atoms with Crippen LogP contribution in [0.2, 0.25) is 0 Å². The molecule has 0 spiro atoms. The molecule has 1 amide bonds. The number of rotatable bonds is 3. The van der Waals surface area contributed by atoms with Crippen LogP contribution in [-0.2, 0) is 0 Å². The number of nitrogens with zero attached hydrogens (tertiary/aromatic N) is 1. The van der Waals surface area contributed by atoms with E-state index in [2.05, 4.69) is 50.7 Å². The van der Waals surface area contributed by atoms with Gasteiger partial charge in [0.2, 0.25) is 0 Å². The molecule has 0 saturated heterocycles. The number of hydrogen-bond acceptors (Lipinski definition) is 3. The summed E-state index contributed by atoms with van der Waals surface area (Å²) in [5.41, 5.74) is 5.01. The Morgan fingerprint density at radius 2 is 1.86 bits per heavy atom. The van der Waals surface area contributed by atoms with Crippen LogP contribution in [0.5, 0.6) is 0 Å². The first-order chi connectivity index (χ1) is 10.7. The van der Waals surface area contributed by atoms with Crippen molar-refractivity contribution >= 4 is 27.5 Å². The highest BCUT2D eigenvalue weighted by Gasteiger charge is 2.19. The Morgan fingerprint density at radius 3 is 2.50 bits per heavy atom. The van der Waals surface area contributed by atoms with E-state index in [9.17, 15) is 4.79 Å². The number of hydrazone groups is 1. The third-order valence-electron chi connectivity index (χ3n) is 3.95. The predicted octanol–water partition coefficient (Wildman–Crippen LogP) is 4.49. The summed E-state index contributed by atoms with van der Waals surface area (Å²) < 4.78 is 5.73. The highest BCUT2D eigenvalue weighted by atomic mass is 79.9. The lowest BCUT2D eigenvalue weighted by molar-refractivity contribution is 0.0925. The van der Waals surface area contributed by atoms with Crippen LogP contribution < -0.4 is 5.43 Å². The first kappa shape index (κ1) is 15.0. The molecule has 0 unspecified atom stereocenters. The van der Waals surface area contributed by atoms with E-state index in [0.717, 1.165) is 31.4 Å². The normalized spacial score (nSPS) is 18.0. The molecule has 1 aromatic carbocycles. The molecule has 1 N–H and O–H groups in total. The SMILES string of the molecule is O=C(NN=C1CCC(c2ccccc2)CC1)c1ccc(Br)o1. The maximum Gasteiger partial charge on any atom is 0.307 e. The highest BCUT2D eigenvalue weighted by Crippen LogP contribution is 2.31. The Bertz CT molecular complexity index is 669. The van der Waals surface area contributed by atoms with Gasteiger partial charge in [0.25, 0.3) is 0 Å². The van der Waals surface area contributed by atoms with E-state index in [1.807, 2.05) is 6.07 Å². The van der Waals surface area contributed by atoms with Gasteiger partial charge >= 0.3 is 5.91 Å². The van der Waals surface area contributed by atoms with Crippen molar-refractivity contribution in [3.63, 3.8) is 0 Å². The molecule has 0 atom stereocenters. The number of amides is 1. The number of nitrogens with one attached hydrogen (secondary N) is 1. The second-order valence-electron chi connectivity index (χ2n) is 5.41. The molecule has 5 heteroatoms. The number of carbonyl (C=O) groups is 1. The first-order valence-corrected chi connectivity index (χ1v) is 8.18. The Kier molecular flexibility index (Phi) is 4.73. The molecule has 1 heterocycles. The van der Waals surface area contributed by atoms with E-state index in [4.69, 9.17) is 4.42 Å². The van der Waals surface area contributed by atoms with Crippen molar-refractivity contribution in [2.45, 2.75) is 31.6 Å². The van der Waals surface area contributed by atoms with Crippen LogP contribution in [-0.4, -0.2) is 11.6 Å². The quantitative estimate of drug-likeness (QED) is 0.820. The molecule has 1 fully saturated rings. The molecule has 3 rings (SSSR count). The van der Waals surface area contributed by atoms with Crippen LogP contribution in [0.1, 0.15) is 47.7 Å². The van der Waals surface area contributed by atoms with Crippen molar-refractivity contribution in [1.82, 2.24) is 5.43 Å². The van der Waals surface area contributed by atoms with Crippen LogP contribution in [0.3, 0.4) is 0 Å². The average molecular weight is 361 g/mol. The zero-order valence-electron chi connectivity index (χ0n) is 12.1. The number of furan rings is 1. The van der Waals surface area contributed by atoms with Crippen LogP contribution in [0.15, 0.2) is 56.7 Å². The van der Waals surface area contributed by atoms with Crippen LogP contribution >= 0.6 is 15.9 Å². The van der Waals surface area contributed by atoms with Crippen LogP contribution in [0.4, 0.5) is 0 Å². The largest absolute Gasteiger partial charge is 0.444 e. The summed E-state index contributed by atoms with van der Waals surface area (Å²) in [6.45, 7) is 0. The van der Waals surface area contributed by atoms with E-state index in [1.165, 1.54) is 5.56 Å². The zero-order valence-corrected chi connectivity index (χ0v) is 13.7. The summed E-state index contributed by atoms with van der Waals surface area (Å²) in [6.07, 6.45) is 3.99. The molecule has 2 aromatic rings. The monoisotopic (exact) mass is 360 g/mol. The Labute approximate surface area is 137 Å². The minimum atomic E-state index is -0.316. The van der Waals surface area contributed by atoms with Crippen molar-refractivity contribution < 1.29 is 9.21 Å². The van der Waals surface area contributed by atoms with Crippen molar-refractivity contribution in [2.75, 3.05) is 0 Å². The molecule has 22 heavy (non-hydrogen) atoms. The number of benzene rings is 1. The van der Waals surface area contributed by atoms with Gasteiger partial charge in [0, 0.05) is 5.71 Å². The second-order valence-corrected chi connectivity index (χ2v) is 6.19. The molecule has 1 aromatic heterocycles. The summed E-state index contributed by atoms with van der Waals surface area (Å²) in [6, 6.07) is 13.9. The van der Waals surface area contributed by atoms with E-state index in [0.29, 0.717) is 10.6 Å². The summed E-state index contributed by atoms with van der Waals surface area (Å²) in [7, 11) is 0. The van der Waals surface area contributed by atoms with Gasteiger partial charge in [-0.15, -0.1) is 0 Å². The molecule has 4 nitrogen and oxygen atoms in total. The first-order valence-electron chi connectivity index (χ1n) is 7.38. The summed E-state index contributed by atoms with van der Waals surface area (Å²) >= 11 is 3.17. The maximum atomic E-state index is 11.9. The topological polar surface area (TPSA) is 54.6 Å². The fourth-order valence-corrected chi connectivity index (χ4v) is 3.05. The molecule has 1 saturated carbocycles. The summed E-state index contributed by atoms with van der Waals surface area (Å²) in [5.74, 6) is 0.537. The van der Waals surface area contributed by atoms with Gasteiger partial charge in [-0.3, -0.25) is 4.79 Å². The molecule has 0 radical (unpaired) electrons. The van der Waals surface area contributed by atoms with Gasteiger partial charge in [-0.2, -0.15) is 5.10 Å². The van der Waals surface area contributed by atoms with Crippen LogP contribution in [0, 0.1) is 0 Å². The zero-order chi connectivity index (χ0) is 15.4. The molecule has 0 bridgehead atoms. The fourth-order valence-electron chi connectivity index (χ4n) is 2.74. The van der Waals surface area contributed by atoms with E-state index in [1.54, 1.807) is 12.1 Å². The highest BCUT2D eigenvalue weighted by molar-refractivity contribution is 9.10. The molecule has 1 aliphatic carbocycles. The Hall–Kier alpha value is -1.88. The summed E-state index contributed by atoms with van der Waals surface area (Å²) in [5, 5.41) is 4.24. The Balaban J connectivity index is 1.54. The van der Waals surface area contributed by atoms with E-state index >= 15 is 0 Å². The van der Waals surface area contributed by atoms with Gasteiger partial charge in [0.1, 0.15) is 0 Å². The summed E-state index contributed by atoms with van der Waals surface area (Å²) in [4.78, 5) is 11.9. The van der Waals surface area contributed by atoms with Gasteiger partial charge in [0.05, 0.1) is 0 Å². The van der Waals surface area contributed by atoms with E-state index in [-0.39, 0.29) is 11.7 Å². The Morgan fingerprint density at radius 1 is 1.14 bits per heavy atom. The lowest BCUT2D eigenvalue weighted by Crippen LogP contribution is -2.21. The van der Waals surface area contributed by atoms with Crippen molar-refractivity contribution in [2.24, 2.45) is 5.10 Å². The van der Waals surface area contributed by atoms with Gasteiger partial charge in [0.15, 0.2) is 10.4 Å². The number of hydrogen-bond donors (Lipinski definition) is 1. The lowest BCUT2D eigenvalue weighted by Gasteiger charge is -2.23. The van der Waals surface area contributed by atoms with Crippen molar-refractivity contribution in [3.05, 3.63) is 58.5 Å². The third kappa shape index (κ3) is 3.65. The molecular weight excluding hydrogens is 344 g/mol.